The van der Waals surface area contributed by atoms with Crippen molar-refractivity contribution in [3.05, 3.63) is 17.7 Å². The van der Waals surface area contributed by atoms with Gasteiger partial charge in [0.1, 0.15) is 11.3 Å². The fourth-order valence-corrected chi connectivity index (χ4v) is 4.04. The molecule has 0 spiro atoms. The summed E-state index contributed by atoms with van der Waals surface area (Å²) in [5.74, 6) is 0.854. The van der Waals surface area contributed by atoms with Crippen LogP contribution in [-0.4, -0.2) is 37.1 Å². The lowest BCUT2D eigenvalue weighted by atomic mass is 10.1. The molecule has 1 aromatic carbocycles. The van der Waals surface area contributed by atoms with Crippen molar-refractivity contribution in [1.82, 2.24) is 10.3 Å². The van der Waals surface area contributed by atoms with E-state index >= 15 is 0 Å². The SMILES string of the molecule is COc1ccc(C)c2sc(N3CCCC(NC(C)=O)C3)nc12. The Balaban J connectivity index is 1.89. The monoisotopic (exact) mass is 319 g/mol. The maximum atomic E-state index is 11.3. The van der Waals surface area contributed by atoms with Gasteiger partial charge in [0.25, 0.3) is 0 Å². The van der Waals surface area contributed by atoms with Gasteiger partial charge < -0.3 is 15.0 Å². The summed E-state index contributed by atoms with van der Waals surface area (Å²) in [6.07, 6.45) is 2.10. The van der Waals surface area contributed by atoms with Crippen LogP contribution in [0.25, 0.3) is 10.2 Å². The van der Waals surface area contributed by atoms with E-state index in [-0.39, 0.29) is 11.9 Å². The Morgan fingerprint density at radius 2 is 2.32 bits per heavy atom. The van der Waals surface area contributed by atoms with Crippen molar-refractivity contribution >= 4 is 32.6 Å². The van der Waals surface area contributed by atoms with E-state index in [1.165, 1.54) is 10.3 Å². The number of aromatic nitrogens is 1. The smallest absolute Gasteiger partial charge is 0.217 e. The van der Waals surface area contributed by atoms with Gasteiger partial charge in [-0.15, -0.1) is 0 Å². The summed E-state index contributed by atoms with van der Waals surface area (Å²) in [6.45, 7) is 5.48. The molecule has 0 saturated carbocycles. The molecule has 1 aliphatic rings. The molecule has 1 saturated heterocycles. The minimum atomic E-state index is 0.0358. The lowest BCUT2D eigenvalue weighted by molar-refractivity contribution is -0.119. The maximum Gasteiger partial charge on any atom is 0.217 e. The number of nitrogens with one attached hydrogen (secondary N) is 1. The lowest BCUT2D eigenvalue weighted by Gasteiger charge is -2.32. The Bertz CT molecular complexity index is 698. The minimum Gasteiger partial charge on any atom is -0.494 e. The maximum absolute atomic E-state index is 11.3. The van der Waals surface area contributed by atoms with E-state index in [2.05, 4.69) is 23.2 Å². The number of benzene rings is 1. The lowest BCUT2D eigenvalue weighted by Crippen LogP contribution is -2.47. The second-order valence-corrected chi connectivity index (χ2v) is 6.72. The summed E-state index contributed by atoms with van der Waals surface area (Å²) in [5.41, 5.74) is 2.15. The van der Waals surface area contributed by atoms with Crippen molar-refractivity contribution in [3.63, 3.8) is 0 Å². The van der Waals surface area contributed by atoms with E-state index in [0.29, 0.717) is 0 Å². The Morgan fingerprint density at radius 3 is 3.05 bits per heavy atom. The van der Waals surface area contributed by atoms with Crippen LogP contribution in [0.3, 0.4) is 0 Å². The van der Waals surface area contributed by atoms with E-state index in [9.17, 15) is 4.79 Å². The summed E-state index contributed by atoms with van der Waals surface area (Å²) >= 11 is 1.70. The van der Waals surface area contributed by atoms with Crippen molar-refractivity contribution < 1.29 is 9.53 Å². The standard InChI is InChI=1S/C16H21N3O2S/c1-10-6-7-13(21-3)14-15(10)22-16(18-14)19-8-4-5-12(9-19)17-11(2)20/h6-7,12H,4-5,8-9H2,1-3H3,(H,17,20). The third-order valence-electron chi connectivity index (χ3n) is 4.01. The summed E-state index contributed by atoms with van der Waals surface area (Å²) in [7, 11) is 1.68. The van der Waals surface area contributed by atoms with Gasteiger partial charge in [-0.2, -0.15) is 0 Å². The first-order valence-corrected chi connectivity index (χ1v) is 8.36. The van der Waals surface area contributed by atoms with Gasteiger partial charge in [-0.25, -0.2) is 4.98 Å². The van der Waals surface area contributed by atoms with Crippen LogP contribution < -0.4 is 15.0 Å². The summed E-state index contributed by atoms with van der Waals surface area (Å²) in [6, 6.07) is 4.25. The van der Waals surface area contributed by atoms with Gasteiger partial charge >= 0.3 is 0 Å². The van der Waals surface area contributed by atoms with E-state index in [0.717, 1.165) is 42.3 Å². The molecule has 118 valence electrons. The Morgan fingerprint density at radius 1 is 1.50 bits per heavy atom. The fraction of sp³-hybridized carbons (Fsp3) is 0.500. The van der Waals surface area contributed by atoms with Gasteiger partial charge in [-0.3, -0.25) is 4.79 Å². The molecular weight excluding hydrogens is 298 g/mol. The molecule has 1 fully saturated rings. The molecule has 1 unspecified atom stereocenters. The molecule has 0 aliphatic carbocycles. The van der Waals surface area contributed by atoms with Gasteiger partial charge in [0, 0.05) is 26.1 Å². The molecule has 0 radical (unpaired) electrons. The number of hydrogen-bond acceptors (Lipinski definition) is 5. The normalized spacial score (nSPS) is 18.5. The second kappa shape index (κ2) is 6.12. The molecule has 3 rings (SSSR count). The first-order chi connectivity index (χ1) is 10.6. The van der Waals surface area contributed by atoms with Crippen LogP contribution in [0.1, 0.15) is 25.3 Å². The van der Waals surface area contributed by atoms with Crippen LogP contribution in [0.2, 0.25) is 0 Å². The number of methoxy groups -OCH3 is 1. The zero-order valence-electron chi connectivity index (χ0n) is 13.2. The molecule has 1 atom stereocenters. The van der Waals surface area contributed by atoms with Gasteiger partial charge in [0.15, 0.2) is 5.13 Å². The average Bonchev–Trinajstić information content (AvgIpc) is 2.93. The van der Waals surface area contributed by atoms with E-state index in [4.69, 9.17) is 9.72 Å². The highest BCUT2D eigenvalue weighted by atomic mass is 32.1. The predicted octanol–water partition coefficient (Wildman–Crippen LogP) is 2.72. The Labute approximate surface area is 134 Å². The van der Waals surface area contributed by atoms with Crippen LogP contribution in [0, 0.1) is 6.92 Å². The third-order valence-corrected chi connectivity index (χ3v) is 5.26. The highest BCUT2D eigenvalue weighted by molar-refractivity contribution is 7.22. The molecule has 0 bridgehead atoms. The van der Waals surface area contributed by atoms with Gasteiger partial charge in [-0.05, 0) is 31.4 Å². The number of fused-ring (bicyclic) bond motifs is 1. The largest absolute Gasteiger partial charge is 0.494 e. The molecule has 1 amide bonds. The van der Waals surface area contributed by atoms with Crippen LogP contribution >= 0.6 is 11.3 Å². The van der Waals surface area contributed by atoms with Crippen LogP contribution in [-0.2, 0) is 4.79 Å². The number of piperidine rings is 1. The first kappa shape index (κ1) is 15.1. The Kier molecular flexibility index (Phi) is 4.20. The molecular formula is C16H21N3O2S. The van der Waals surface area contributed by atoms with Crippen LogP contribution in [0.15, 0.2) is 12.1 Å². The number of rotatable bonds is 3. The zero-order valence-corrected chi connectivity index (χ0v) is 14.0. The van der Waals surface area contributed by atoms with Gasteiger partial charge in [-0.1, -0.05) is 17.4 Å². The van der Waals surface area contributed by atoms with Crippen molar-refractivity contribution in [1.29, 1.82) is 0 Å². The third kappa shape index (κ3) is 2.88. The van der Waals surface area contributed by atoms with E-state index < -0.39 is 0 Å². The van der Waals surface area contributed by atoms with E-state index in [1.807, 2.05) is 6.07 Å². The molecule has 1 aromatic heterocycles. The quantitative estimate of drug-likeness (QED) is 0.945. The van der Waals surface area contributed by atoms with Gasteiger partial charge in [0.05, 0.1) is 11.8 Å². The number of carbonyl (C=O) groups excluding carboxylic acids is 1. The predicted molar refractivity (Wildman–Crippen MR) is 90.0 cm³/mol. The number of anilines is 1. The molecule has 1 aliphatic heterocycles. The number of aryl methyl sites for hydroxylation is 1. The van der Waals surface area contributed by atoms with E-state index in [1.54, 1.807) is 25.4 Å². The highest BCUT2D eigenvalue weighted by Crippen LogP contribution is 2.37. The Hall–Kier alpha value is -1.82. The summed E-state index contributed by atoms with van der Waals surface area (Å²) < 4.78 is 6.60. The van der Waals surface area contributed by atoms with Gasteiger partial charge in [0.2, 0.25) is 5.91 Å². The molecule has 2 aromatic rings. The second-order valence-electron chi connectivity index (χ2n) is 5.74. The number of hydrogen-bond donors (Lipinski definition) is 1. The fourth-order valence-electron chi connectivity index (χ4n) is 2.95. The summed E-state index contributed by atoms with van der Waals surface area (Å²) in [5, 5.41) is 4.03. The topological polar surface area (TPSA) is 54.5 Å². The summed E-state index contributed by atoms with van der Waals surface area (Å²) in [4.78, 5) is 18.3. The molecule has 22 heavy (non-hydrogen) atoms. The molecule has 6 heteroatoms. The van der Waals surface area contributed by atoms with Crippen molar-refractivity contribution in [2.45, 2.75) is 32.7 Å². The number of nitrogens with zero attached hydrogens (tertiary/aromatic N) is 2. The van der Waals surface area contributed by atoms with Crippen molar-refractivity contribution in [3.8, 4) is 5.75 Å². The number of amides is 1. The highest BCUT2D eigenvalue weighted by Gasteiger charge is 2.23. The first-order valence-electron chi connectivity index (χ1n) is 7.54. The van der Waals surface area contributed by atoms with Crippen LogP contribution in [0.5, 0.6) is 5.75 Å². The van der Waals surface area contributed by atoms with Crippen LogP contribution in [0.4, 0.5) is 5.13 Å². The molecule has 5 nitrogen and oxygen atoms in total. The zero-order chi connectivity index (χ0) is 15.7. The molecule has 2 heterocycles. The number of carbonyl (C=O) groups is 1. The minimum absolute atomic E-state index is 0.0358. The van der Waals surface area contributed by atoms with Crippen molar-refractivity contribution in [2.75, 3.05) is 25.1 Å². The average molecular weight is 319 g/mol. The number of thiazole rings is 1. The number of ether oxygens (including phenoxy) is 1. The van der Waals surface area contributed by atoms with Crippen molar-refractivity contribution in [2.24, 2.45) is 0 Å². The molecule has 1 N–H and O–H groups in total.